The zero-order chi connectivity index (χ0) is 22.8. The largest absolute Gasteiger partial charge is 0.465 e. The lowest BCUT2D eigenvalue weighted by Crippen LogP contribution is -2.41. The summed E-state index contributed by atoms with van der Waals surface area (Å²) in [6, 6.07) is 9.90. The van der Waals surface area contributed by atoms with Gasteiger partial charge in [0.1, 0.15) is 5.69 Å². The summed E-state index contributed by atoms with van der Waals surface area (Å²) < 4.78 is 9.16. The highest BCUT2D eigenvalue weighted by Gasteiger charge is 2.27. The number of carbonyl (C=O) groups excluding carboxylic acids is 2. The average Bonchev–Trinajstić information content (AvgIpc) is 3.23. The predicted octanol–water partition coefficient (Wildman–Crippen LogP) is 4.69. The molecule has 0 aliphatic heterocycles. The third-order valence-electron chi connectivity index (χ3n) is 5.41. The van der Waals surface area contributed by atoms with E-state index in [4.69, 9.17) is 4.74 Å². The standard InChI is InChI=1S/C25H33N3O3/c1-7-8-13-28-21(14-17-16-27(5)20-12-10-9-11-18(17)20)19(24(30)31-6)15-22(28)23(29)26-25(2,3)4/h9-12,15-16H,7-8,13-14H2,1-6H3,(H,26,29). The quantitative estimate of drug-likeness (QED) is 0.561. The van der Waals surface area contributed by atoms with Gasteiger partial charge >= 0.3 is 5.97 Å². The van der Waals surface area contributed by atoms with E-state index in [2.05, 4.69) is 35.1 Å². The summed E-state index contributed by atoms with van der Waals surface area (Å²) in [7, 11) is 3.40. The molecule has 0 fully saturated rings. The van der Waals surface area contributed by atoms with Crippen LogP contribution in [0.5, 0.6) is 0 Å². The van der Waals surface area contributed by atoms with Crippen molar-refractivity contribution in [2.75, 3.05) is 7.11 Å². The molecule has 0 atom stereocenters. The number of esters is 1. The van der Waals surface area contributed by atoms with Crippen LogP contribution >= 0.6 is 0 Å². The zero-order valence-corrected chi connectivity index (χ0v) is 19.4. The molecular weight excluding hydrogens is 390 g/mol. The van der Waals surface area contributed by atoms with Crippen LogP contribution in [0.25, 0.3) is 10.9 Å². The van der Waals surface area contributed by atoms with Gasteiger partial charge in [0, 0.05) is 48.3 Å². The van der Waals surface area contributed by atoms with Crippen molar-refractivity contribution in [3.63, 3.8) is 0 Å². The number of amides is 1. The minimum atomic E-state index is -0.421. The van der Waals surface area contributed by atoms with E-state index < -0.39 is 5.97 Å². The van der Waals surface area contributed by atoms with Crippen molar-refractivity contribution >= 4 is 22.8 Å². The van der Waals surface area contributed by atoms with Crippen molar-refractivity contribution in [2.45, 2.75) is 59.0 Å². The fraction of sp³-hybridized carbons (Fsp3) is 0.440. The van der Waals surface area contributed by atoms with E-state index in [0.29, 0.717) is 24.2 Å². The van der Waals surface area contributed by atoms with Crippen LogP contribution < -0.4 is 5.32 Å². The number of fused-ring (bicyclic) bond motifs is 1. The van der Waals surface area contributed by atoms with E-state index in [1.54, 1.807) is 6.07 Å². The molecule has 1 amide bonds. The Bertz CT molecular complexity index is 1100. The van der Waals surface area contributed by atoms with Crippen molar-refractivity contribution < 1.29 is 14.3 Å². The third kappa shape index (κ3) is 4.84. The topological polar surface area (TPSA) is 65.3 Å². The summed E-state index contributed by atoms with van der Waals surface area (Å²) in [4.78, 5) is 25.8. The van der Waals surface area contributed by atoms with Crippen LogP contribution in [-0.4, -0.2) is 33.7 Å². The lowest BCUT2D eigenvalue weighted by molar-refractivity contribution is 0.0599. The molecule has 6 nitrogen and oxygen atoms in total. The van der Waals surface area contributed by atoms with Gasteiger partial charge in [-0.2, -0.15) is 0 Å². The molecule has 0 saturated heterocycles. The molecule has 0 aliphatic rings. The molecule has 2 heterocycles. The highest BCUT2D eigenvalue weighted by molar-refractivity contribution is 5.99. The minimum absolute atomic E-state index is 0.182. The van der Waals surface area contributed by atoms with E-state index in [9.17, 15) is 9.59 Å². The van der Waals surface area contributed by atoms with Gasteiger partial charge in [-0.15, -0.1) is 0 Å². The Kier molecular flexibility index (Phi) is 6.58. The number of ether oxygens (including phenoxy) is 1. The summed E-state index contributed by atoms with van der Waals surface area (Å²) in [5, 5.41) is 4.17. The van der Waals surface area contributed by atoms with Gasteiger partial charge in [0.05, 0.1) is 12.7 Å². The number of aryl methyl sites for hydroxylation is 1. The number of carbonyl (C=O) groups is 2. The number of aromatic nitrogens is 2. The molecule has 3 aromatic rings. The van der Waals surface area contributed by atoms with E-state index in [1.165, 1.54) is 7.11 Å². The summed E-state index contributed by atoms with van der Waals surface area (Å²) in [6.07, 6.45) is 4.53. The number of benzene rings is 1. The fourth-order valence-corrected chi connectivity index (χ4v) is 3.98. The van der Waals surface area contributed by atoms with Gasteiger partial charge in [-0.25, -0.2) is 4.79 Å². The Morgan fingerprint density at radius 3 is 2.52 bits per heavy atom. The molecule has 31 heavy (non-hydrogen) atoms. The van der Waals surface area contributed by atoms with Crippen LogP contribution in [0.2, 0.25) is 0 Å². The molecule has 0 radical (unpaired) electrons. The SMILES string of the molecule is CCCCn1c(C(=O)NC(C)(C)C)cc(C(=O)OC)c1Cc1cn(C)c2ccccc12. The number of rotatable bonds is 7. The van der Waals surface area contributed by atoms with E-state index >= 15 is 0 Å². The average molecular weight is 424 g/mol. The van der Waals surface area contributed by atoms with Crippen molar-refractivity contribution in [1.29, 1.82) is 0 Å². The molecular formula is C25H33N3O3. The maximum atomic E-state index is 13.1. The van der Waals surface area contributed by atoms with Crippen molar-refractivity contribution in [3.05, 3.63) is 59.0 Å². The Hall–Kier alpha value is -3.02. The molecule has 0 unspecified atom stereocenters. The number of nitrogens with zero attached hydrogens (tertiary/aromatic N) is 2. The second-order valence-electron chi connectivity index (χ2n) is 9.05. The molecule has 0 aliphatic carbocycles. The Morgan fingerprint density at radius 1 is 1.16 bits per heavy atom. The number of nitrogens with one attached hydrogen (secondary N) is 1. The second kappa shape index (κ2) is 9.00. The van der Waals surface area contributed by atoms with Crippen LogP contribution in [0, 0.1) is 0 Å². The van der Waals surface area contributed by atoms with Crippen LogP contribution in [0.15, 0.2) is 36.5 Å². The van der Waals surface area contributed by atoms with E-state index in [0.717, 1.165) is 35.0 Å². The first-order chi connectivity index (χ1) is 14.7. The van der Waals surface area contributed by atoms with Gasteiger partial charge in [-0.3, -0.25) is 4.79 Å². The molecule has 1 N–H and O–H groups in total. The number of hydrogen-bond donors (Lipinski definition) is 1. The van der Waals surface area contributed by atoms with E-state index in [1.807, 2.05) is 44.5 Å². The van der Waals surface area contributed by atoms with Crippen LogP contribution in [-0.2, 0) is 24.8 Å². The minimum Gasteiger partial charge on any atom is -0.465 e. The molecule has 0 spiro atoms. The second-order valence-corrected chi connectivity index (χ2v) is 9.05. The number of hydrogen-bond acceptors (Lipinski definition) is 3. The van der Waals surface area contributed by atoms with Gasteiger partial charge in [-0.05, 0) is 44.9 Å². The van der Waals surface area contributed by atoms with Crippen molar-refractivity contribution in [3.8, 4) is 0 Å². The van der Waals surface area contributed by atoms with Crippen LogP contribution in [0.4, 0.5) is 0 Å². The van der Waals surface area contributed by atoms with Crippen LogP contribution in [0.1, 0.15) is 72.6 Å². The van der Waals surface area contributed by atoms with Gasteiger partial charge in [0.15, 0.2) is 0 Å². The van der Waals surface area contributed by atoms with Gasteiger partial charge < -0.3 is 19.2 Å². The number of methoxy groups -OCH3 is 1. The lowest BCUT2D eigenvalue weighted by Gasteiger charge is -2.21. The van der Waals surface area contributed by atoms with Crippen LogP contribution in [0.3, 0.4) is 0 Å². The zero-order valence-electron chi connectivity index (χ0n) is 19.4. The smallest absolute Gasteiger partial charge is 0.339 e. The first kappa shape index (κ1) is 22.7. The van der Waals surface area contributed by atoms with Gasteiger partial charge in [0.2, 0.25) is 0 Å². The molecule has 0 bridgehead atoms. The highest BCUT2D eigenvalue weighted by atomic mass is 16.5. The Labute approximate surface area is 184 Å². The highest BCUT2D eigenvalue weighted by Crippen LogP contribution is 2.27. The molecule has 1 aromatic carbocycles. The summed E-state index contributed by atoms with van der Waals surface area (Å²) >= 11 is 0. The Balaban J connectivity index is 2.15. The molecule has 3 rings (SSSR count). The predicted molar refractivity (Wildman–Crippen MR) is 124 cm³/mol. The van der Waals surface area contributed by atoms with E-state index in [-0.39, 0.29) is 11.4 Å². The first-order valence-electron chi connectivity index (χ1n) is 10.8. The Morgan fingerprint density at radius 2 is 1.87 bits per heavy atom. The monoisotopic (exact) mass is 423 g/mol. The normalized spacial score (nSPS) is 11.7. The maximum Gasteiger partial charge on any atom is 0.339 e. The molecule has 6 heteroatoms. The first-order valence-corrected chi connectivity index (χ1v) is 10.8. The third-order valence-corrected chi connectivity index (χ3v) is 5.41. The summed E-state index contributed by atoms with van der Waals surface area (Å²) in [5.74, 6) is -0.604. The number of unbranched alkanes of at least 4 members (excludes halogenated alkanes) is 1. The molecule has 2 aromatic heterocycles. The maximum absolute atomic E-state index is 13.1. The van der Waals surface area contributed by atoms with Gasteiger partial charge in [0.25, 0.3) is 5.91 Å². The molecule has 166 valence electrons. The summed E-state index contributed by atoms with van der Waals surface area (Å²) in [6.45, 7) is 8.62. The number of para-hydroxylation sites is 1. The van der Waals surface area contributed by atoms with Gasteiger partial charge in [-0.1, -0.05) is 31.5 Å². The lowest BCUT2D eigenvalue weighted by atomic mass is 10.1. The fourth-order valence-electron chi connectivity index (χ4n) is 3.98. The summed E-state index contributed by atoms with van der Waals surface area (Å²) in [5.41, 5.74) is 3.63. The van der Waals surface area contributed by atoms with Crippen molar-refractivity contribution in [1.82, 2.24) is 14.5 Å². The van der Waals surface area contributed by atoms with Crippen molar-refractivity contribution in [2.24, 2.45) is 7.05 Å². The molecule has 0 saturated carbocycles.